The van der Waals surface area contributed by atoms with E-state index in [1.165, 1.54) is 21.7 Å². The maximum absolute atomic E-state index is 4.11. The van der Waals surface area contributed by atoms with Gasteiger partial charge in [-0.05, 0) is 28.8 Å². The lowest BCUT2D eigenvalue weighted by Crippen LogP contribution is -1.85. The fraction of sp³-hybridized carbons (Fsp3) is 0.267. The van der Waals surface area contributed by atoms with E-state index in [1.54, 1.807) is 0 Å². The largest absolute Gasteiger partial charge is 0.278 e. The standard InChI is InChI=1S/C13H12N2.C2H6/c1-2-10-11-6-4-3-5-9(11)7-13-12(10)8-14-15-13;1-2/h3-8H,2H2,1H3,(H,14,15);1-2H3. The van der Waals surface area contributed by atoms with E-state index >= 15 is 0 Å². The summed E-state index contributed by atoms with van der Waals surface area (Å²) < 4.78 is 0. The van der Waals surface area contributed by atoms with Crippen LogP contribution in [0.2, 0.25) is 0 Å². The Balaban J connectivity index is 0.000000514. The van der Waals surface area contributed by atoms with Crippen LogP contribution in [0.15, 0.2) is 36.5 Å². The van der Waals surface area contributed by atoms with Crippen LogP contribution in [-0.2, 0) is 6.42 Å². The van der Waals surface area contributed by atoms with Crippen LogP contribution in [0.4, 0.5) is 0 Å². The van der Waals surface area contributed by atoms with Crippen LogP contribution in [0.25, 0.3) is 21.7 Å². The molecule has 0 aliphatic rings. The molecule has 0 aliphatic heterocycles. The Morgan fingerprint density at radius 1 is 1.12 bits per heavy atom. The van der Waals surface area contributed by atoms with Gasteiger partial charge in [0.05, 0.1) is 11.7 Å². The van der Waals surface area contributed by atoms with E-state index in [1.807, 2.05) is 20.0 Å². The molecule has 0 saturated carbocycles. The van der Waals surface area contributed by atoms with E-state index in [4.69, 9.17) is 0 Å². The summed E-state index contributed by atoms with van der Waals surface area (Å²) in [6.07, 6.45) is 2.96. The minimum absolute atomic E-state index is 1.04. The molecule has 1 heterocycles. The van der Waals surface area contributed by atoms with E-state index in [9.17, 15) is 0 Å². The zero-order chi connectivity index (χ0) is 12.3. The van der Waals surface area contributed by atoms with Crippen LogP contribution < -0.4 is 0 Å². The van der Waals surface area contributed by atoms with Gasteiger partial charge < -0.3 is 0 Å². The van der Waals surface area contributed by atoms with Crippen molar-refractivity contribution in [1.29, 1.82) is 0 Å². The van der Waals surface area contributed by atoms with Crippen molar-refractivity contribution in [2.45, 2.75) is 27.2 Å². The average molecular weight is 226 g/mol. The second kappa shape index (κ2) is 5.00. The number of H-pyrrole nitrogens is 1. The highest BCUT2D eigenvalue weighted by molar-refractivity contribution is 6.00. The van der Waals surface area contributed by atoms with Gasteiger partial charge in [0.2, 0.25) is 0 Å². The van der Waals surface area contributed by atoms with Crippen LogP contribution in [0.3, 0.4) is 0 Å². The first-order valence-corrected chi connectivity index (χ1v) is 6.24. The normalized spacial score (nSPS) is 10.3. The first-order chi connectivity index (χ1) is 8.40. The lowest BCUT2D eigenvalue weighted by atomic mass is 9.99. The summed E-state index contributed by atoms with van der Waals surface area (Å²) >= 11 is 0. The highest BCUT2D eigenvalue weighted by Crippen LogP contribution is 2.27. The molecule has 0 bridgehead atoms. The van der Waals surface area contributed by atoms with E-state index in [2.05, 4.69) is 47.5 Å². The summed E-state index contributed by atoms with van der Waals surface area (Å²) in [4.78, 5) is 0. The molecule has 88 valence electrons. The Hall–Kier alpha value is -1.83. The molecule has 3 aromatic rings. The van der Waals surface area contributed by atoms with Crippen molar-refractivity contribution < 1.29 is 0 Å². The minimum Gasteiger partial charge on any atom is -0.278 e. The molecule has 0 atom stereocenters. The predicted molar refractivity (Wildman–Crippen MR) is 74.3 cm³/mol. The number of rotatable bonds is 1. The third kappa shape index (κ3) is 1.91. The summed E-state index contributed by atoms with van der Waals surface area (Å²) in [7, 11) is 0. The van der Waals surface area contributed by atoms with Crippen molar-refractivity contribution in [3.05, 3.63) is 42.1 Å². The molecule has 0 radical (unpaired) electrons. The van der Waals surface area contributed by atoms with Crippen molar-refractivity contribution in [2.75, 3.05) is 0 Å². The zero-order valence-electron chi connectivity index (χ0n) is 10.6. The van der Waals surface area contributed by atoms with Gasteiger partial charge >= 0.3 is 0 Å². The molecule has 0 aliphatic carbocycles. The maximum atomic E-state index is 4.11. The summed E-state index contributed by atoms with van der Waals surface area (Å²) in [5, 5.41) is 11.0. The number of hydrogen-bond acceptors (Lipinski definition) is 1. The lowest BCUT2D eigenvalue weighted by Gasteiger charge is -2.05. The maximum Gasteiger partial charge on any atom is 0.0659 e. The quantitative estimate of drug-likeness (QED) is 0.658. The van der Waals surface area contributed by atoms with Gasteiger partial charge in [-0.15, -0.1) is 0 Å². The molecule has 2 heteroatoms. The lowest BCUT2D eigenvalue weighted by molar-refractivity contribution is 1.12. The Bertz CT molecular complexity index is 623. The molecule has 0 amide bonds. The van der Waals surface area contributed by atoms with Crippen molar-refractivity contribution in [1.82, 2.24) is 10.2 Å². The Morgan fingerprint density at radius 3 is 2.65 bits per heavy atom. The summed E-state index contributed by atoms with van der Waals surface area (Å²) in [6.45, 7) is 6.19. The molecule has 0 saturated heterocycles. The number of aromatic amines is 1. The third-order valence-corrected chi connectivity index (χ3v) is 2.93. The average Bonchev–Trinajstić information content (AvgIpc) is 2.86. The topological polar surface area (TPSA) is 28.7 Å². The van der Waals surface area contributed by atoms with E-state index in [-0.39, 0.29) is 0 Å². The molecule has 0 fully saturated rings. The molecular weight excluding hydrogens is 208 g/mol. The van der Waals surface area contributed by atoms with Crippen molar-refractivity contribution in [2.24, 2.45) is 0 Å². The second-order valence-electron chi connectivity index (χ2n) is 3.76. The first-order valence-electron chi connectivity index (χ1n) is 6.24. The summed E-state index contributed by atoms with van der Waals surface area (Å²) in [5.41, 5.74) is 2.52. The minimum atomic E-state index is 1.04. The fourth-order valence-electron chi connectivity index (χ4n) is 2.23. The first kappa shape index (κ1) is 11.6. The van der Waals surface area contributed by atoms with Gasteiger partial charge in [0.1, 0.15) is 0 Å². The molecule has 1 N–H and O–H groups in total. The van der Waals surface area contributed by atoms with Gasteiger partial charge in [-0.3, -0.25) is 5.10 Å². The molecule has 0 unspecified atom stereocenters. The Kier molecular flexibility index (Phi) is 3.43. The summed E-state index contributed by atoms with van der Waals surface area (Å²) in [5.74, 6) is 0. The Labute approximate surface area is 102 Å². The van der Waals surface area contributed by atoms with Crippen LogP contribution in [0.1, 0.15) is 26.3 Å². The van der Waals surface area contributed by atoms with E-state index in [0.717, 1.165) is 11.9 Å². The highest BCUT2D eigenvalue weighted by Gasteiger charge is 2.06. The third-order valence-electron chi connectivity index (χ3n) is 2.93. The van der Waals surface area contributed by atoms with Gasteiger partial charge in [0, 0.05) is 5.39 Å². The molecule has 0 spiro atoms. The molecule has 3 rings (SSSR count). The summed E-state index contributed by atoms with van der Waals surface area (Å²) in [6, 6.07) is 10.7. The number of nitrogens with one attached hydrogen (secondary N) is 1. The second-order valence-corrected chi connectivity index (χ2v) is 3.76. The SMILES string of the molecule is CC.CCc1c2ccccc2cc2[nH]ncc12. The predicted octanol–water partition coefficient (Wildman–Crippen LogP) is 4.30. The highest BCUT2D eigenvalue weighted by atomic mass is 15.1. The number of benzene rings is 2. The molecule has 2 nitrogen and oxygen atoms in total. The van der Waals surface area contributed by atoms with Gasteiger partial charge in [0.15, 0.2) is 0 Å². The number of fused-ring (bicyclic) bond motifs is 2. The van der Waals surface area contributed by atoms with Gasteiger partial charge in [0.25, 0.3) is 0 Å². The number of nitrogens with zero attached hydrogens (tertiary/aromatic N) is 1. The molecule has 17 heavy (non-hydrogen) atoms. The van der Waals surface area contributed by atoms with Gasteiger partial charge in [-0.25, -0.2) is 0 Å². The smallest absolute Gasteiger partial charge is 0.0659 e. The van der Waals surface area contributed by atoms with Crippen LogP contribution in [0.5, 0.6) is 0 Å². The number of aryl methyl sites for hydroxylation is 1. The van der Waals surface area contributed by atoms with E-state index in [0.29, 0.717) is 0 Å². The zero-order valence-corrected chi connectivity index (χ0v) is 10.6. The number of hydrogen-bond donors (Lipinski definition) is 1. The monoisotopic (exact) mass is 226 g/mol. The number of aromatic nitrogens is 2. The molecule has 1 aromatic heterocycles. The fourth-order valence-corrected chi connectivity index (χ4v) is 2.23. The van der Waals surface area contributed by atoms with E-state index < -0.39 is 0 Å². The van der Waals surface area contributed by atoms with Gasteiger partial charge in [-0.1, -0.05) is 45.0 Å². The van der Waals surface area contributed by atoms with Gasteiger partial charge in [-0.2, -0.15) is 5.10 Å². The Morgan fingerprint density at radius 2 is 1.88 bits per heavy atom. The van der Waals surface area contributed by atoms with Crippen LogP contribution in [0, 0.1) is 0 Å². The van der Waals surface area contributed by atoms with Crippen LogP contribution in [-0.4, -0.2) is 10.2 Å². The molecular formula is C15H18N2. The van der Waals surface area contributed by atoms with Crippen molar-refractivity contribution in [3.63, 3.8) is 0 Å². The van der Waals surface area contributed by atoms with Crippen molar-refractivity contribution >= 4 is 21.7 Å². The molecule has 2 aromatic carbocycles. The van der Waals surface area contributed by atoms with Crippen molar-refractivity contribution in [3.8, 4) is 0 Å². The van der Waals surface area contributed by atoms with Crippen LogP contribution >= 0.6 is 0 Å².